The van der Waals surface area contributed by atoms with Crippen molar-refractivity contribution in [3.63, 3.8) is 0 Å². The van der Waals surface area contributed by atoms with Crippen molar-refractivity contribution in [2.75, 3.05) is 4.90 Å². The van der Waals surface area contributed by atoms with E-state index in [9.17, 15) is 0 Å². The highest BCUT2D eigenvalue weighted by Crippen LogP contribution is 2.65. The molecule has 0 amide bonds. The Kier molecular flexibility index (Phi) is 7.00. The summed E-state index contributed by atoms with van der Waals surface area (Å²) in [4.78, 5) is 2.55. The summed E-state index contributed by atoms with van der Waals surface area (Å²) >= 11 is 0. The molecular weight excluding hydrogens is 723 g/mol. The van der Waals surface area contributed by atoms with Crippen molar-refractivity contribution in [2.24, 2.45) is 0 Å². The lowest BCUT2D eigenvalue weighted by molar-refractivity contribution is 0.793. The van der Waals surface area contributed by atoms with Crippen LogP contribution in [0.5, 0.6) is 0 Å². The van der Waals surface area contributed by atoms with Crippen molar-refractivity contribution in [2.45, 2.75) is 5.41 Å². The maximum Gasteiger partial charge on any atom is 0.0746 e. The van der Waals surface area contributed by atoms with Crippen molar-refractivity contribution in [3.05, 3.63) is 247 Å². The molecule has 0 bridgehead atoms. The molecule has 60 heavy (non-hydrogen) atoms. The van der Waals surface area contributed by atoms with Gasteiger partial charge in [0.1, 0.15) is 0 Å². The van der Waals surface area contributed by atoms with Gasteiger partial charge >= 0.3 is 0 Å². The van der Waals surface area contributed by atoms with E-state index in [1.54, 1.807) is 0 Å². The first-order valence-corrected chi connectivity index (χ1v) is 20.9. The Morgan fingerprint density at radius 3 is 1.43 bits per heavy atom. The number of hydrogen-bond acceptors (Lipinski definition) is 1. The zero-order valence-electron chi connectivity index (χ0n) is 32.8. The summed E-state index contributed by atoms with van der Waals surface area (Å²) in [5.41, 5.74) is 15.8. The van der Waals surface area contributed by atoms with Crippen molar-refractivity contribution in [3.8, 4) is 33.4 Å². The average molecular weight is 760 g/mol. The average Bonchev–Trinajstić information content (AvgIpc) is 3.79. The lowest BCUT2D eigenvalue weighted by atomic mass is 9.70. The van der Waals surface area contributed by atoms with E-state index in [-0.39, 0.29) is 0 Å². The maximum atomic E-state index is 2.55. The number of anilines is 3. The van der Waals surface area contributed by atoms with Gasteiger partial charge < -0.3 is 4.90 Å². The molecule has 0 saturated heterocycles. The molecule has 1 nitrogen and oxygen atoms in total. The highest BCUT2D eigenvalue weighted by atomic mass is 15.1. The van der Waals surface area contributed by atoms with Crippen LogP contribution in [0, 0.1) is 0 Å². The summed E-state index contributed by atoms with van der Waals surface area (Å²) in [5, 5.41) is 10.1. The number of rotatable bonds is 4. The lowest BCUT2D eigenvalue weighted by Crippen LogP contribution is -2.28. The Bertz CT molecular complexity index is 3480. The molecule has 2 aliphatic carbocycles. The molecule has 0 aromatic heterocycles. The van der Waals surface area contributed by atoms with Crippen molar-refractivity contribution in [1.29, 1.82) is 0 Å². The smallest absolute Gasteiger partial charge is 0.0746 e. The standard InChI is InChI=1S/C59H37N/c1-2-16-39-35-41(32-31-38(39)15-1)40-17-13-18-42(36-40)60(43-33-34-48-46-21-4-3-19-44(46)45-20-5-6-22-47(45)53(48)37-43)57-30-14-26-52-51-25-9-12-29-56(51)59(58(52)57)54-27-10-7-23-49(54)50-24-8-11-28-55(50)59/h1-37H. The molecule has 0 N–H and O–H groups in total. The van der Waals surface area contributed by atoms with Gasteiger partial charge in [0, 0.05) is 16.9 Å². The first kappa shape index (κ1) is 33.3. The second kappa shape index (κ2) is 12.6. The minimum atomic E-state index is -0.510. The third-order valence-corrected chi connectivity index (χ3v) is 13.4. The molecule has 1 heteroatoms. The fourth-order valence-electron chi connectivity index (χ4n) is 11.0. The Hall–Kier alpha value is -7.74. The van der Waals surface area contributed by atoms with Crippen LogP contribution in [0.1, 0.15) is 22.3 Å². The maximum absolute atomic E-state index is 2.55. The Balaban J connectivity index is 1.13. The van der Waals surface area contributed by atoms with Gasteiger partial charge in [-0.25, -0.2) is 0 Å². The molecule has 0 fully saturated rings. The number of hydrogen-bond donors (Lipinski definition) is 0. The van der Waals surface area contributed by atoms with Crippen LogP contribution in [0.3, 0.4) is 0 Å². The molecule has 0 aliphatic heterocycles. The van der Waals surface area contributed by atoms with Gasteiger partial charge in [0.05, 0.1) is 11.1 Å². The van der Waals surface area contributed by atoms with E-state index in [0.29, 0.717) is 0 Å². The normalized spacial score (nSPS) is 13.1. The molecule has 0 atom stereocenters. The van der Waals surface area contributed by atoms with Gasteiger partial charge in [-0.05, 0) is 130 Å². The number of fused-ring (bicyclic) bond motifs is 17. The zero-order chi connectivity index (χ0) is 39.4. The van der Waals surface area contributed by atoms with Crippen LogP contribution in [0.4, 0.5) is 17.1 Å². The van der Waals surface area contributed by atoms with E-state index in [1.165, 1.54) is 104 Å². The summed E-state index contributed by atoms with van der Waals surface area (Å²) in [6, 6.07) is 83.8. The van der Waals surface area contributed by atoms with Gasteiger partial charge in [-0.2, -0.15) is 0 Å². The fraction of sp³-hybridized carbons (Fsp3) is 0.0169. The first-order chi connectivity index (χ1) is 29.8. The van der Waals surface area contributed by atoms with Crippen molar-refractivity contribution in [1.82, 2.24) is 0 Å². The van der Waals surface area contributed by atoms with E-state index in [0.717, 1.165) is 11.4 Å². The minimum Gasteiger partial charge on any atom is -0.310 e. The summed E-state index contributed by atoms with van der Waals surface area (Å²) < 4.78 is 0. The van der Waals surface area contributed by atoms with Crippen LogP contribution in [-0.2, 0) is 5.41 Å². The fourth-order valence-corrected chi connectivity index (χ4v) is 11.0. The minimum absolute atomic E-state index is 0.510. The number of nitrogens with zero attached hydrogens (tertiary/aromatic N) is 1. The summed E-state index contributed by atoms with van der Waals surface area (Å²) in [6.45, 7) is 0. The molecule has 0 unspecified atom stereocenters. The molecule has 11 aromatic carbocycles. The van der Waals surface area contributed by atoms with Crippen LogP contribution in [0.2, 0.25) is 0 Å². The predicted octanol–water partition coefficient (Wildman–Crippen LogP) is 15.8. The van der Waals surface area contributed by atoms with Crippen LogP contribution < -0.4 is 4.90 Å². The second-order valence-electron chi connectivity index (χ2n) is 16.4. The van der Waals surface area contributed by atoms with E-state index in [2.05, 4.69) is 229 Å². The van der Waals surface area contributed by atoms with Crippen molar-refractivity contribution >= 4 is 60.2 Å². The number of benzene rings is 11. The molecular formula is C59H37N. The van der Waals surface area contributed by atoms with Gasteiger partial charge in [-0.15, -0.1) is 0 Å². The highest BCUT2D eigenvalue weighted by Gasteiger charge is 2.53. The third-order valence-electron chi connectivity index (χ3n) is 13.4. The Labute approximate surface area is 349 Å². The van der Waals surface area contributed by atoms with E-state index in [4.69, 9.17) is 0 Å². The zero-order valence-corrected chi connectivity index (χ0v) is 32.8. The van der Waals surface area contributed by atoms with Gasteiger partial charge in [0.25, 0.3) is 0 Å². The van der Waals surface area contributed by atoms with Gasteiger partial charge in [0.15, 0.2) is 0 Å². The van der Waals surface area contributed by atoms with Gasteiger partial charge in [-0.1, -0.05) is 188 Å². The molecule has 0 radical (unpaired) electrons. The van der Waals surface area contributed by atoms with Crippen LogP contribution >= 0.6 is 0 Å². The molecule has 278 valence electrons. The van der Waals surface area contributed by atoms with Gasteiger partial charge in [-0.3, -0.25) is 0 Å². The predicted molar refractivity (Wildman–Crippen MR) is 253 cm³/mol. The molecule has 0 heterocycles. The SMILES string of the molecule is c1cc(-c2ccc3ccccc3c2)cc(N(c2ccc3c4ccccc4c4ccccc4c3c2)c2cccc3c2C2(c4ccccc4-c4ccccc42)c2ccccc2-3)c1. The van der Waals surface area contributed by atoms with Crippen molar-refractivity contribution < 1.29 is 0 Å². The van der Waals surface area contributed by atoms with E-state index < -0.39 is 5.41 Å². The monoisotopic (exact) mass is 759 g/mol. The van der Waals surface area contributed by atoms with Crippen LogP contribution in [-0.4, -0.2) is 0 Å². The Morgan fingerprint density at radius 2 is 0.767 bits per heavy atom. The van der Waals surface area contributed by atoms with Crippen LogP contribution in [0.15, 0.2) is 224 Å². The van der Waals surface area contributed by atoms with E-state index >= 15 is 0 Å². The van der Waals surface area contributed by atoms with Crippen LogP contribution in [0.25, 0.3) is 76.5 Å². The molecule has 2 aliphatic rings. The topological polar surface area (TPSA) is 3.24 Å². The third kappa shape index (κ3) is 4.52. The largest absolute Gasteiger partial charge is 0.310 e. The van der Waals surface area contributed by atoms with Gasteiger partial charge in [0.2, 0.25) is 0 Å². The van der Waals surface area contributed by atoms with E-state index in [1.807, 2.05) is 0 Å². The molecule has 1 spiro atoms. The summed E-state index contributed by atoms with van der Waals surface area (Å²) in [7, 11) is 0. The second-order valence-corrected chi connectivity index (χ2v) is 16.4. The molecule has 11 aromatic rings. The summed E-state index contributed by atoms with van der Waals surface area (Å²) in [5.74, 6) is 0. The highest BCUT2D eigenvalue weighted by molar-refractivity contribution is 6.26. The quantitative estimate of drug-likeness (QED) is 0.162. The molecule has 0 saturated carbocycles. The lowest BCUT2D eigenvalue weighted by Gasteiger charge is -2.36. The summed E-state index contributed by atoms with van der Waals surface area (Å²) in [6.07, 6.45) is 0. The first-order valence-electron chi connectivity index (χ1n) is 20.9. The molecule has 13 rings (SSSR count). The Morgan fingerprint density at radius 1 is 0.283 bits per heavy atom.